The average Bonchev–Trinajstić information content (AvgIpc) is 2.96. The summed E-state index contributed by atoms with van der Waals surface area (Å²) in [6.45, 7) is 0.971. The van der Waals surface area contributed by atoms with E-state index >= 15 is 0 Å². The number of hydrogen-bond acceptors (Lipinski definition) is 5. The number of carbonyl (C=O) groups excluding carboxylic acids is 2. The van der Waals surface area contributed by atoms with Crippen LogP contribution >= 0.6 is 0 Å². The summed E-state index contributed by atoms with van der Waals surface area (Å²) in [7, 11) is 0. The second kappa shape index (κ2) is 7.95. The summed E-state index contributed by atoms with van der Waals surface area (Å²) in [6, 6.07) is 4.32. The molecule has 1 aliphatic heterocycles. The van der Waals surface area contributed by atoms with Gasteiger partial charge in [-0.15, -0.1) is 0 Å². The van der Waals surface area contributed by atoms with Crippen molar-refractivity contribution in [3.8, 4) is 11.5 Å². The van der Waals surface area contributed by atoms with Crippen molar-refractivity contribution < 1.29 is 27.8 Å². The van der Waals surface area contributed by atoms with Gasteiger partial charge in [-0.05, 0) is 25.1 Å². The summed E-state index contributed by atoms with van der Waals surface area (Å²) < 4.78 is 38.0. The van der Waals surface area contributed by atoms with Crippen LogP contribution in [0.15, 0.2) is 24.4 Å². The Morgan fingerprint density at radius 1 is 1.39 bits per heavy atom. The van der Waals surface area contributed by atoms with Crippen LogP contribution in [-0.4, -0.2) is 48.4 Å². The van der Waals surface area contributed by atoms with Crippen molar-refractivity contribution in [2.24, 2.45) is 5.73 Å². The Hall–Kier alpha value is -2.97. The second-order valence-corrected chi connectivity index (χ2v) is 6.58. The van der Waals surface area contributed by atoms with Crippen LogP contribution in [0.3, 0.4) is 0 Å². The van der Waals surface area contributed by atoms with E-state index in [1.807, 2.05) is 0 Å². The number of benzene rings is 1. The Labute approximate surface area is 160 Å². The zero-order valence-corrected chi connectivity index (χ0v) is 15.3. The number of nitrogens with one attached hydrogen (secondary N) is 1. The molecule has 2 heterocycles. The molecule has 0 saturated carbocycles. The number of primary amides is 1. The van der Waals surface area contributed by atoms with Crippen LogP contribution < -0.4 is 20.5 Å². The lowest BCUT2D eigenvalue weighted by atomic mass is 10.0. The van der Waals surface area contributed by atoms with E-state index in [4.69, 9.17) is 15.2 Å². The minimum absolute atomic E-state index is 0.175. The number of rotatable bonds is 8. The lowest BCUT2D eigenvalue weighted by Crippen LogP contribution is -2.35. The van der Waals surface area contributed by atoms with Crippen LogP contribution in [0, 0.1) is 0 Å². The number of halogens is 2. The van der Waals surface area contributed by atoms with Crippen molar-refractivity contribution in [3.63, 3.8) is 0 Å². The Bertz CT molecular complexity index is 908. The minimum atomic E-state index is -2.45. The average molecular weight is 393 g/mol. The fraction of sp³-hybridized carbons (Fsp3) is 0.421. The zero-order chi connectivity index (χ0) is 20.3. The molecule has 1 saturated heterocycles. The molecule has 0 radical (unpaired) electrons. The predicted molar refractivity (Wildman–Crippen MR) is 97.9 cm³/mol. The molecule has 0 bridgehead atoms. The maximum atomic E-state index is 14.0. The van der Waals surface area contributed by atoms with Crippen LogP contribution in [-0.2, 0) is 4.79 Å². The van der Waals surface area contributed by atoms with Crippen molar-refractivity contribution in [1.29, 1.82) is 0 Å². The van der Waals surface area contributed by atoms with Gasteiger partial charge in [0.1, 0.15) is 18.2 Å². The van der Waals surface area contributed by atoms with Gasteiger partial charge in [-0.25, -0.2) is 8.78 Å². The standard InChI is InChI=1S/C19H21F2N3O4/c1-2-27-16-8-12-14(7-13(16)17(22)25)23-5-3-15(12)28-6-4-11-9-19(21,10-20)18(26)24-11/h3,5,7-8,11H,2,4,6,9-10H2,1H3,(H2,22,25)(H,24,26)/t11-,19-/m1/s1. The molecule has 1 aliphatic rings. The maximum absolute atomic E-state index is 14.0. The lowest BCUT2D eigenvalue weighted by Gasteiger charge is -2.14. The molecule has 2 atom stereocenters. The van der Waals surface area contributed by atoms with E-state index in [1.165, 1.54) is 12.3 Å². The van der Waals surface area contributed by atoms with Gasteiger partial charge in [0.2, 0.25) is 5.67 Å². The molecule has 1 fully saturated rings. The second-order valence-electron chi connectivity index (χ2n) is 6.58. The Balaban J connectivity index is 1.75. The maximum Gasteiger partial charge on any atom is 0.260 e. The molecule has 28 heavy (non-hydrogen) atoms. The highest BCUT2D eigenvalue weighted by molar-refractivity contribution is 6.01. The molecule has 0 unspecified atom stereocenters. The molecule has 7 nitrogen and oxygen atoms in total. The fourth-order valence-electron chi connectivity index (χ4n) is 3.19. The van der Waals surface area contributed by atoms with E-state index < -0.39 is 30.2 Å². The molecular formula is C19H21F2N3O4. The molecule has 150 valence electrons. The van der Waals surface area contributed by atoms with Crippen molar-refractivity contribution in [1.82, 2.24) is 10.3 Å². The number of fused-ring (bicyclic) bond motifs is 1. The number of amides is 2. The van der Waals surface area contributed by atoms with Crippen LogP contribution in [0.5, 0.6) is 11.5 Å². The molecule has 2 amide bonds. The van der Waals surface area contributed by atoms with Crippen molar-refractivity contribution in [3.05, 3.63) is 30.0 Å². The van der Waals surface area contributed by atoms with Gasteiger partial charge in [0.25, 0.3) is 11.8 Å². The number of nitrogens with two attached hydrogens (primary N) is 1. The predicted octanol–water partition coefficient (Wildman–Crippen LogP) is 2.07. The first-order valence-corrected chi connectivity index (χ1v) is 8.92. The molecule has 3 rings (SSSR count). The number of ether oxygens (including phenoxy) is 2. The van der Waals surface area contributed by atoms with Crippen molar-refractivity contribution in [2.75, 3.05) is 19.9 Å². The number of carbonyl (C=O) groups is 2. The van der Waals surface area contributed by atoms with Crippen LogP contribution in [0.25, 0.3) is 10.9 Å². The molecule has 1 aromatic carbocycles. The first kappa shape index (κ1) is 19.8. The van der Waals surface area contributed by atoms with Gasteiger partial charge in [0.15, 0.2) is 0 Å². The number of alkyl halides is 2. The molecule has 0 spiro atoms. The molecule has 9 heteroatoms. The SMILES string of the molecule is CCOc1cc2c(OCC[C@@H]3C[C@@](F)(CF)C(=O)N3)ccnc2cc1C(N)=O. The van der Waals surface area contributed by atoms with E-state index in [0.717, 1.165) is 0 Å². The van der Waals surface area contributed by atoms with Gasteiger partial charge >= 0.3 is 0 Å². The molecule has 2 aromatic rings. The third-order valence-corrected chi connectivity index (χ3v) is 4.62. The Morgan fingerprint density at radius 2 is 2.18 bits per heavy atom. The first-order valence-electron chi connectivity index (χ1n) is 8.92. The van der Waals surface area contributed by atoms with Gasteiger partial charge in [0.05, 0.1) is 24.3 Å². The summed E-state index contributed by atoms with van der Waals surface area (Å²) in [5, 5.41) is 3.07. The number of nitrogens with zero attached hydrogens (tertiary/aromatic N) is 1. The van der Waals surface area contributed by atoms with E-state index in [-0.39, 0.29) is 18.6 Å². The normalized spacial score (nSPS) is 21.5. The summed E-state index contributed by atoms with van der Waals surface area (Å²) in [5.74, 6) is -0.732. The van der Waals surface area contributed by atoms with E-state index in [1.54, 1.807) is 19.1 Å². The molecular weight excluding hydrogens is 372 g/mol. The van der Waals surface area contributed by atoms with E-state index in [0.29, 0.717) is 35.4 Å². The van der Waals surface area contributed by atoms with Crippen molar-refractivity contribution in [2.45, 2.75) is 31.5 Å². The number of hydrogen-bond donors (Lipinski definition) is 2. The van der Waals surface area contributed by atoms with Gasteiger partial charge in [-0.2, -0.15) is 0 Å². The topological polar surface area (TPSA) is 104 Å². The molecule has 1 aromatic heterocycles. The van der Waals surface area contributed by atoms with Crippen LogP contribution in [0.2, 0.25) is 0 Å². The summed E-state index contributed by atoms with van der Waals surface area (Å²) in [4.78, 5) is 27.4. The first-order chi connectivity index (χ1) is 13.4. The van der Waals surface area contributed by atoms with Gasteiger partial charge < -0.3 is 20.5 Å². The third-order valence-electron chi connectivity index (χ3n) is 4.62. The minimum Gasteiger partial charge on any atom is -0.493 e. The number of aromatic nitrogens is 1. The quantitative estimate of drug-likeness (QED) is 0.715. The summed E-state index contributed by atoms with van der Waals surface area (Å²) in [5.41, 5.74) is 3.67. The third kappa shape index (κ3) is 3.83. The highest BCUT2D eigenvalue weighted by Gasteiger charge is 2.47. The van der Waals surface area contributed by atoms with Crippen LogP contribution in [0.1, 0.15) is 30.1 Å². The highest BCUT2D eigenvalue weighted by Crippen LogP contribution is 2.32. The van der Waals surface area contributed by atoms with Crippen molar-refractivity contribution >= 4 is 22.7 Å². The van der Waals surface area contributed by atoms with Gasteiger partial charge in [0, 0.05) is 30.5 Å². The van der Waals surface area contributed by atoms with Crippen LogP contribution in [0.4, 0.5) is 8.78 Å². The largest absolute Gasteiger partial charge is 0.493 e. The number of pyridine rings is 1. The molecule has 0 aliphatic carbocycles. The lowest BCUT2D eigenvalue weighted by molar-refractivity contribution is -0.130. The van der Waals surface area contributed by atoms with Gasteiger partial charge in [-0.3, -0.25) is 14.6 Å². The Morgan fingerprint density at radius 3 is 2.82 bits per heavy atom. The summed E-state index contributed by atoms with van der Waals surface area (Å²) >= 11 is 0. The zero-order valence-electron chi connectivity index (χ0n) is 15.3. The Kier molecular flexibility index (Phi) is 5.62. The highest BCUT2D eigenvalue weighted by atomic mass is 19.2. The van der Waals surface area contributed by atoms with Gasteiger partial charge in [-0.1, -0.05) is 0 Å². The smallest absolute Gasteiger partial charge is 0.260 e. The molecule has 3 N–H and O–H groups in total. The van der Waals surface area contributed by atoms with E-state index in [2.05, 4.69) is 10.3 Å². The monoisotopic (exact) mass is 393 g/mol. The fourth-order valence-corrected chi connectivity index (χ4v) is 3.19. The van der Waals surface area contributed by atoms with E-state index in [9.17, 15) is 18.4 Å². The summed E-state index contributed by atoms with van der Waals surface area (Å²) in [6.07, 6.45) is 1.62.